The molecule has 3 rings (SSSR count). The number of nitrogens with zero attached hydrogens (tertiary/aromatic N) is 2. The van der Waals surface area contributed by atoms with E-state index in [0.29, 0.717) is 10.9 Å². The highest BCUT2D eigenvalue weighted by Gasteiger charge is 2.21. The number of hydrogen-bond donors (Lipinski definition) is 0. The Bertz CT molecular complexity index is 1110. The van der Waals surface area contributed by atoms with Crippen molar-refractivity contribution in [2.45, 2.75) is 32.6 Å². The standard InChI is InChI=1S/C23H18F2N2/c1-4-23(2,3)17-6-5-14-7-16(12-26)21(13-27)22(20(14)10-17)15-8-18(24)11-19(25)9-15/h5-11H,4H2,1-3H3. The van der Waals surface area contributed by atoms with Crippen LogP contribution in [0.4, 0.5) is 8.78 Å². The van der Waals surface area contributed by atoms with Gasteiger partial charge in [-0.15, -0.1) is 0 Å². The lowest BCUT2D eigenvalue weighted by Crippen LogP contribution is -2.15. The SMILES string of the molecule is CCC(C)(C)c1ccc2cc(C#N)c(C#N)c(-c3cc(F)cc(F)c3)c2c1. The van der Waals surface area contributed by atoms with Gasteiger partial charge in [0.05, 0.1) is 11.1 Å². The third-order valence-corrected chi connectivity index (χ3v) is 5.19. The summed E-state index contributed by atoms with van der Waals surface area (Å²) in [4.78, 5) is 0. The molecule has 0 spiro atoms. The van der Waals surface area contributed by atoms with Crippen LogP contribution in [0.5, 0.6) is 0 Å². The largest absolute Gasteiger partial charge is 0.207 e. The molecule has 0 aliphatic carbocycles. The summed E-state index contributed by atoms with van der Waals surface area (Å²) in [5.41, 5.74) is 1.91. The van der Waals surface area contributed by atoms with Crippen LogP contribution in [0.3, 0.4) is 0 Å². The van der Waals surface area contributed by atoms with Gasteiger partial charge in [-0.1, -0.05) is 32.9 Å². The highest BCUT2D eigenvalue weighted by Crippen LogP contribution is 2.38. The van der Waals surface area contributed by atoms with Gasteiger partial charge in [-0.3, -0.25) is 0 Å². The van der Waals surface area contributed by atoms with Crippen LogP contribution in [0.15, 0.2) is 42.5 Å². The lowest BCUT2D eigenvalue weighted by Gasteiger charge is -2.24. The average molecular weight is 360 g/mol. The molecular weight excluding hydrogens is 342 g/mol. The maximum atomic E-state index is 13.9. The summed E-state index contributed by atoms with van der Waals surface area (Å²) in [7, 11) is 0. The van der Waals surface area contributed by atoms with Gasteiger partial charge in [-0.05, 0) is 58.0 Å². The summed E-state index contributed by atoms with van der Waals surface area (Å²) in [5.74, 6) is -1.45. The lowest BCUT2D eigenvalue weighted by molar-refractivity contribution is 0.507. The Labute approximate surface area is 157 Å². The second-order valence-corrected chi connectivity index (χ2v) is 7.23. The Kier molecular flexibility index (Phi) is 4.68. The molecule has 3 aromatic rings. The average Bonchev–Trinajstić information content (AvgIpc) is 2.64. The van der Waals surface area contributed by atoms with Crippen molar-refractivity contribution in [2.75, 3.05) is 0 Å². The summed E-state index contributed by atoms with van der Waals surface area (Å²) in [6.07, 6.45) is 0.907. The highest BCUT2D eigenvalue weighted by atomic mass is 19.1. The predicted octanol–water partition coefficient (Wildman–Crippen LogP) is 6.22. The molecule has 2 nitrogen and oxygen atoms in total. The van der Waals surface area contributed by atoms with Crippen molar-refractivity contribution < 1.29 is 8.78 Å². The number of nitriles is 2. The normalized spacial score (nSPS) is 11.2. The van der Waals surface area contributed by atoms with E-state index in [1.54, 1.807) is 6.07 Å². The van der Waals surface area contributed by atoms with Crippen molar-refractivity contribution in [1.29, 1.82) is 10.5 Å². The van der Waals surface area contributed by atoms with E-state index < -0.39 is 11.6 Å². The fourth-order valence-electron chi connectivity index (χ4n) is 3.22. The van der Waals surface area contributed by atoms with Crippen molar-refractivity contribution in [2.24, 2.45) is 0 Å². The molecule has 134 valence electrons. The van der Waals surface area contributed by atoms with E-state index in [2.05, 4.69) is 20.8 Å². The Balaban J connectivity index is 2.48. The summed E-state index contributed by atoms with van der Waals surface area (Å²) in [5, 5.41) is 20.6. The van der Waals surface area contributed by atoms with Gasteiger partial charge < -0.3 is 0 Å². The van der Waals surface area contributed by atoms with Crippen LogP contribution in [0, 0.1) is 34.3 Å². The maximum absolute atomic E-state index is 13.9. The van der Waals surface area contributed by atoms with Crippen LogP contribution in [0.2, 0.25) is 0 Å². The van der Waals surface area contributed by atoms with E-state index in [9.17, 15) is 19.3 Å². The molecule has 3 aromatic carbocycles. The first-order valence-corrected chi connectivity index (χ1v) is 8.68. The van der Waals surface area contributed by atoms with E-state index in [1.165, 1.54) is 12.1 Å². The molecule has 0 atom stereocenters. The second-order valence-electron chi connectivity index (χ2n) is 7.23. The van der Waals surface area contributed by atoms with Gasteiger partial charge in [0, 0.05) is 11.6 Å². The number of hydrogen-bond acceptors (Lipinski definition) is 2. The molecule has 0 heterocycles. The third-order valence-electron chi connectivity index (χ3n) is 5.19. The van der Waals surface area contributed by atoms with Crippen LogP contribution in [0.25, 0.3) is 21.9 Å². The van der Waals surface area contributed by atoms with E-state index in [1.807, 2.05) is 30.3 Å². The molecule has 0 radical (unpaired) electrons. The monoisotopic (exact) mass is 360 g/mol. The van der Waals surface area contributed by atoms with E-state index >= 15 is 0 Å². The van der Waals surface area contributed by atoms with Gasteiger partial charge in [0.15, 0.2) is 0 Å². The molecule has 0 aromatic heterocycles. The van der Waals surface area contributed by atoms with Crippen molar-refractivity contribution >= 4 is 10.8 Å². The van der Waals surface area contributed by atoms with E-state index in [0.717, 1.165) is 23.4 Å². The summed E-state index contributed by atoms with van der Waals surface area (Å²) in [6, 6.07) is 14.7. The quantitative estimate of drug-likeness (QED) is 0.557. The molecule has 0 amide bonds. The number of fused-ring (bicyclic) bond motifs is 1. The van der Waals surface area contributed by atoms with Crippen molar-refractivity contribution in [1.82, 2.24) is 0 Å². The molecule has 0 aliphatic rings. The lowest BCUT2D eigenvalue weighted by atomic mass is 9.80. The zero-order valence-electron chi connectivity index (χ0n) is 15.4. The number of rotatable bonds is 3. The smallest absolute Gasteiger partial charge is 0.126 e. The zero-order chi connectivity index (χ0) is 19.8. The summed E-state index contributed by atoms with van der Waals surface area (Å²) >= 11 is 0. The van der Waals surface area contributed by atoms with E-state index in [4.69, 9.17) is 0 Å². The van der Waals surface area contributed by atoms with Gasteiger partial charge in [0.1, 0.15) is 23.8 Å². The minimum atomic E-state index is -0.727. The maximum Gasteiger partial charge on any atom is 0.126 e. The van der Waals surface area contributed by atoms with Gasteiger partial charge in [-0.2, -0.15) is 10.5 Å². The molecule has 0 N–H and O–H groups in total. The first kappa shape index (κ1) is 18.5. The molecular formula is C23H18F2N2. The van der Waals surface area contributed by atoms with Gasteiger partial charge >= 0.3 is 0 Å². The van der Waals surface area contributed by atoms with Crippen LogP contribution < -0.4 is 0 Å². The minimum Gasteiger partial charge on any atom is -0.207 e. The van der Waals surface area contributed by atoms with Crippen molar-refractivity contribution in [3.8, 4) is 23.3 Å². The summed E-state index contributed by atoms with van der Waals surface area (Å²) < 4.78 is 27.7. The van der Waals surface area contributed by atoms with Crippen molar-refractivity contribution in [3.63, 3.8) is 0 Å². The molecule has 0 fully saturated rings. The molecule has 0 saturated heterocycles. The van der Waals surface area contributed by atoms with E-state index in [-0.39, 0.29) is 22.1 Å². The Morgan fingerprint density at radius 3 is 2.15 bits per heavy atom. The van der Waals surface area contributed by atoms with Crippen LogP contribution >= 0.6 is 0 Å². The first-order chi connectivity index (χ1) is 12.8. The number of halogens is 2. The summed E-state index contributed by atoms with van der Waals surface area (Å²) in [6.45, 7) is 6.32. The highest BCUT2D eigenvalue weighted by molar-refractivity contribution is 6.01. The molecule has 0 bridgehead atoms. The molecule has 0 unspecified atom stereocenters. The predicted molar refractivity (Wildman–Crippen MR) is 102 cm³/mol. The van der Waals surface area contributed by atoms with Crippen molar-refractivity contribution in [3.05, 3.63) is 70.8 Å². The zero-order valence-corrected chi connectivity index (χ0v) is 15.4. The van der Waals surface area contributed by atoms with Gasteiger partial charge in [0.2, 0.25) is 0 Å². The van der Waals surface area contributed by atoms with Crippen LogP contribution in [-0.4, -0.2) is 0 Å². The molecule has 27 heavy (non-hydrogen) atoms. The fourth-order valence-corrected chi connectivity index (χ4v) is 3.22. The fraction of sp³-hybridized carbons (Fsp3) is 0.217. The van der Waals surface area contributed by atoms with Gasteiger partial charge in [-0.25, -0.2) is 8.78 Å². The molecule has 4 heteroatoms. The minimum absolute atomic E-state index is 0.0979. The second kappa shape index (κ2) is 6.82. The topological polar surface area (TPSA) is 47.6 Å². The number of benzene rings is 3. The van der Waals surface area contributed by atoms with Gasteiger partial charge in [0.25, 0.3) is 0 Å². The Hall–Kier alpha value is -3.24. The van der Waals surface area contributed by atoms with Crippen LogP contribution in [-0.2, 0) is 5.41 Å². The Morgan fingerprint density at radius 2 is 1.59 bits per heavy atom. The molecule has 0 saturated carbocycles. The first-order valence-electron chi connectivity index (χ1n) is 8.68. The third kappa shape index (κ3) is 3.27. The molecule has 0 aliphatic heterocycles. The van der Waals surface area contributed by atoms with Crippen LogP contribution in [0.1, 0.15) is 43.9 Å². The Morgan fingerprint density at radius 1 is 0.926 bits per heavy atom.